The zero-order valence-electron chi connectivity index (χ0n) is 11.3. The fourth-order valence-electron chi connectivity index (χ4n) is 2.50. The van der Waals surface area contributed by atoms with Crippen molar-refractivity contribution in [3.8, 4) is 11.5 Å². The molecule has 5 heteroatoms. The van der Waals surface area contributed by atoms with E-state index in [0.29, 0.717) is 17.6 Å². The van der Waals surface area contributed by atoms with Gasteiger partial charge in [0.1, 0.15) is 5.69 Å². The first kappa shape index (κ1) is 12.3. The Kier molecular flexibility index (Phi) is 3.29. The summed E-state index contributed by atoms with van der Waals surface area (Å²) in [5, 5.41) is 7.49. The van der Waals surface area contributed by atoms with Gasteiger partial charge in [0.25, 0.3) is 0 Å². The minimum Gasteiger partial charge on any atom is -0.337 e. The van der Waals surface area contributed by atoms with Gasteiger partial charge in [0.05, 0.1) is 6.04 Å². The van der Waals surface area contributed by atoms with E-state index < -0.39 is 0 Å². The summed E-state index contributed by atoms with van der Waals surface area (Å²) in [6.45, 7) is 5.25. The number of aromatic nitrogens is 3. The molecule has 1 N–H and O–H groups in total. The number of nitrogens with zero attached hydrogens (tertiary/aromatic N) is 3. The highest BCUT2D eigenvalue weighted by atomic mass is 16.5. The first-order valence-electron chi connectivity index (χ1n) is 6.74. The van der Waals surface area contributed by atoms with Crippen molar-refractivity contribution in [3.63, 3.8) is 0 Å². The summed E-state index contributed by atoms with van der Waals surface area (Å²) in [5.41, 5.74) is 1.90. The van der Waals surface area contributed by atoms with Crippen LogP contribution in [0.1, 0.15) is 37.3 Å². The third-order valence-corrected chi connectivity index (χ3v) is 3.62. The molecule has 2 aromatic heterocycles. The second-order valence-corrected chi connectivity index (χ2v) is 5.23. The van der Waals surface area contributed by atoms with Gasteiger partial charge in [-0.05, 0) is 49.9 Å². The van der Waals surface area contributed by atoms with Gasteiger partial charge in [0, 0.05) is 6.20 Å². The minimum absolute atomic E-state index is 0.166. The third-order valence-electron chi connectivity index (χ3n) is 3.62. The Morgan fingerprint density at radius 2 is 2.32 bits per heavy atom. The Labute approximate surface area is 112 Å². The zero-order chi connectivity index (χ0) is 13.2. The molecule has 19 heavy (non-hydrogen) atoms. The first-order valence-corrected chi connectivity index (χ1v) is 6.74. The Morgan fingerprint density at radius 1 is 1.42 bits per heavy atom. The Bertz CT molecular complexity index is 566. The van der Waals surface area contributed by atoms with Gasteiger partial charge < -0.3 is 9.84 Å². The lowest BCUT2D eigenvalue weighted by Gasteiger charge is -2.26. The molecule has 0 aliphatic carbocycles. The van der Waals surface area contributed by atoms with Crippen molar-refractivity contribution in [2.24, 2.45) is 5.92 Å². The maximum atomic E-state index is 5.41. The first-order chi connectivity index (χ1) is 9.24. The number of hydrogen-bond donors (Lipinski definition) is 1. The van der Waals surface area contributed by atoms with Crippen molar-refractivity contribution in [1.82, 2.24) is 20.4 Å². The molecular formula is C14H18N4O. The summed E-state index contributed by atoms with van der Waals surface area (Å²) in [6.07, 6.45) is 4.17. The molecule has 0 aromatic carbocycles. The molecule has 0 bridgehead atoms. The number of aryl methyl sites for hydroxylation is 1. The average molecular weight is 258 g/mol. The van der Waals surface area contributed by atoms with Gasteiger partial charge in [-0.15, -0.1) is 0 Å². The molecule has 2 atom stereocenters. The highest BCUT2D eigenvalue weighted by Gasteiger charge is 2.27. The summed E-state index contributed by atoms with van der Waals surface area (Å²) in [5.74, 6) is 1.76. The molecule has 1 fully saturated rings. The number of nitrogens with one attached hydrogen (secondary N) is 1. The predicted octanol–water partition coefficient (Wildman–Crippen LogP) is 2.50. The monoisotopic (exact) mass is 258 g/mol. The summed E-state index contributed by atoms with van der Waals surface area (Å²) >= 11 is 0. The normalized spacial score (nSPS) is 23.5. The van der Waals surface area contributed by atoms with Crippen LogP contribution >= 0.6 is 0 Å². The van der Waals surface area contributed by atoms with Crippen molar-refractivity contribution in [2.45, 2.75) is 32.7 Å². The van der Waals surface area contributed by atoms with Gasteiger partial charge in [-0.1, -0.05) is 12.1 Å². The van der Waals surface area contributed by atoms with Crippen LogP contribution in [0, 0.1) is 12.8 Å². The van der Waals surface area contributed by atoms with E-state index in [9.17, 15) is 0 Å². The van der Waals surface area contributed by atoms with Crippen LogP contribution in [0.25, 0.3) is 11.5 Å². The molecule has 5 nitrogen and oxygen atoms in total. The Balaban J connectivity index is 1.86. The summed E-state index contributed by atoms with van der Waals surface area (Å²) in [4.78, 5) is 8.77. The molecule has 0 spiro atoms. The molecule has 3 heterocycles. The van der Waals surface area contributed by atoms with E-state index >= 15 is 0 Å². The fourth-order valence-corrected chi connectivity index (χ4v) is 2.50. The molecular weight excluding hydrogens is 240 g/mol. The molecule has 1 aliphatic rings. The molecule has 100 valence electrons. The van der Waals surface area contributed by atoms with Crippen LogP contribution in [-0.2, 0) is 0 Å². The molecule has 3 rings (SSSR count). The van der Waals surface area contributed by atoms with E-state index in [4.69, 9.17) is 4.52 Å². The summed E-state index contributed by atoms with van der Waals surface area (Å²) < 4.78 is 5.41. The lowest BCUT2D eigenvalue weighted by atomic mass is 9.93. The van der Waals surface area contributed by atoms with Crippen LogP contribution in [0.2, 0.25) is 0 Å². The highest BCUT2D eigenvalue weighted by Crippen LogP contribution is 2.28. The van der Waals surface area contributed by atoms with Crippen LogP contribution in [-0.4, -0.2) is 21.7 Å². The van der Waals surface area contributed by atoms with E-state index in [1.807, 2.05) is 19.1 Å². The van der Waals surface area contributed by atoms with Crippen molar-refractivity contribution in [1.29, 1.82) is 0 Å². The van der Waals surface area contributed by atoms with Gasteiger partial charge in [-0.3, -0.25) is 4.98 Å². The van der Waals surface area contributed by atoms with Crippen LogP contribution in [0.15, 0.2) is 22.9 Å². The largest absolute Gasteiger partial charge is 0.337 e. The van der Waals surface area contributed by atoms with Crippen LogP contribution < -0.4 is 5.32 Å². The standard InChI is InChI=1S/C14H18N4O/c1-9-5-7-15-11(8-9)13-17-14(19-18-13)12-10(2)4-3-6-16-12/h5,7-8,10,12,16H,3-4,6H2,1-2H3. The molecule has 0 saturated carbocycles. The summed E-state index contributed by atoms with van der Waals surface area (Å²) in [7, 11) is 0. The quantitative estimate of drug-likeness (QED) is 0.896. The third kappa shape index (κ3) is 2.51. The SMILES string of the molecule is Cc1ccnc(-c2noc(C3NCCCC3C)n2)c1. The second-order valence-electron chi connectivity index (χ2n) is 5.23. The Morgan fingerprint density at radius 3 is 3.11 bits per heavy atom. The maximum absolute atomic E-state index is 5.41. The van der Waals surface area contributed by atoms with E-state index in [1.54, 1.807) is 6.20 Å². The smallest absolute Gasteiger partial charge is 0.244 e. The predicted molar refractivity (Wildman–Crippen MR) is 71.4 cm³/mol. The van der Waals surface area contributed by atoms with Gasteiger partial charge >= 0.3 is 0 Å². The van der Waals surface area contributed by atoms with Gasteiger partial charge in [-0.25, -0.2) is 0 Å². The van der Waals surface area contributed by atoms with Crippen molar-refractivity contribution >= 4 is 0 Å². The minimum atomic E-state index is 0.166. The van der Waals surface area contributed by atoms with Crippen molar-refractivity contribution in [2.75, 3.05) is 6.54 Å². The fraction of sp³-hybridized carbons (Fsp3) is 0.500. The van der Waals surface area contributed by atoms with E-state index in [2.05, 4.69) is 27.4 Å². The zero-order valence-corrected chi connectivity index (χ0v) is 11.3. The van der Waals surface area contributed by atoms with Gasteiger partial charge in [-0.2, -0.15) is 4.98 Å². The lowest BCUT2D eigenvalue weighted by molar-refractivity contribution is 0.239. The second kappa shape index (κ2) is 5.09. The number of pyridine rings is 1. The highest BCUT2D eigenvalue weighted by molar-refractivity contribution is 5.49. The number of piperidine rings is 1. The molecule has 2 aromatic rings. The van der Waals surface area contributed by atoms with E-state index in [0.717, 1.165) is 17.8 Å². The number of hydrogen-bond acceptors (Lipinski definition) is 5. The topological polar surface area (TPSA) is 63.8 Å². The van der Waals surface area contributed by atoms with Crippen LogP contribution in [0.4, 0.5) is 0 Å². The molecule has 2 unspecified atom stereocenters. The molecule has 1 aliphatic heterocycles. The van der Waals surface area contributed by atoms with Gasteiger partial charge in [0.2, 0.25) is 11.7 Å². The summed E-state index contributed by atoms with van der Waals surface area (Å²) in [6, 6.07) is 4.08. The lowest BCUT2D eigenvalue weighted by Crippen LogP contribution is -2.33. The maximum Gasteiger partial charge on any atom is 0.244 e. The van der Waals surface area contributed by atoms with Crippen molar-refractivity contribution in [3.05, 3.63) is 29.8 Å². The molecule has 1 saturated heterocycles. The number of rotatable bonds is 2. The van der Waals surface area contributed by atoms with E-state index in [1.165, 1.54) is 12.8 Å². The van der Waals surface area contributed by atoms with Crippen LogP contribution in [0.5, 0.6) is 0 Å². The molecule has 0 amide bonds. The van der Waals surface area contributed by atoms with Crippen LogP contribution in [0.3, 0.4) is 0 Å². The van der Waals surface area contributed by atoms with Crippen molar-refractivity contribution < 1.29 is 4.52 Å². The average Bonchev–Trinajstić information content (AvgIpc) is 2.89. The molecule has 0 radical (unpaired) electrons. The Hall–Kier alpha value is -1.75. The van der Waals surface area contributed by atoms with Gasteiger partial charge in [0.15, 0.2) is 0 Å². The van der Waals surface area contributed by atoms with E-state index in [-0.39, 0.29) is 6.04 Å².